The number of halogens is 2. The molecule has 0 unspecified atom stereocenters. The molecule has 23 heavy (non-hydrogen) atoms. The molecule has 3 aromatic rings. The van der Waals surface area contributed by atoms with E-state index >= 15 is 0 Å². The smallest absolute Gasteiger partial charge is 0.262 e. The molecular formula is C17H14BrFN2OS. The number of hydrogen-bond donors (Lipinski definition) is 0. The molecule has 118 valence electrons. The third kappa shape index (κ3) is 3.33. The summed E-state index contributed by atoms with van der Waals surface area (Å²) in [6.07, 6.45) is 0. The Balaban J connectivity index is 2.02. The lowest BCUT2D eigenvalue weighted by Gasteiger charge is -2.11. The first kappa shape index (κ1) is 16.2. The van der Waals surface area contributed by atoms with E-state index in [1.54, 1.807) is 28.8 Å². The molecule has 0 spiro atoms. The van der Waals surface area contributed by atoms with Gasteiger partial charge in [-0.3, -0.25) is 9.36 Å². The van der Waals surface area contributed by atoms with E-state index in [9.17, 15) is 9.18 Å². The van der Waals surface area contributed by atoms with Gasteiger partial charge in [0.25, 0.3) is 5.56 Å². The van der Waals surface area contributed by atoms with Gasteiger partial charge in [-0.25, -0.2) is 9.37 Å². The van der Waals surface area contributed by atoms with Gasteiger partial charge in [0.2, 0.25) is 0 Å². The summed E-state index contributed by atoms with van der Waals surface area (Å²) in [4.78, 5) is 17.2. The number of aromatic nitrogens is 2. The average molecular weight is 393 g/mol. The molecule has 3 rings (SSSR count). The van der Waals surface area contributed by atoms with Gasteiger partial charge in [-0.2, -0.15) is 0 Å². The zero-order valence-corrected chi connectivity index (χ0v) is 14.8. The minimum Gasteiger partial charge on any atom is -0.287 e. The fourth-order valence-electron chi connectivity index (χ4n) is 2.32. The first-order valence-electron chi connectivity index (χ1n) is 7.16. The van der Waals surface area contributed by atoms with E-state index in [-0.39, 0.29) is 11.4 Å². The van der Waals surface area contributed by atoms with Crippen molar-refractivity contribution in [1.82, 2.24) is 9.55 Å². The Kier molecular flexibility index (Phi) is 4.82. The topological polar surface area (TPSA) is 34.9 Å². The van der Waals surface area contributed by atoms with Gasteiger partial charge in [0, 0.05) is 16.8 Å². The zero-order valence-electron chi connectivity index (χ0n) is 12.4. The van der Waals surface area contributed by atoms with Crippen LogP contribution >= 0.6 is 27.7 Å². The quantitative estimate of drug-likeness (QED) is 0.480. The number of rotatable bonds is 4. The Morgan fingerprint density at radius 1 is 1.26 bits per heavy atom. The number of nitrogens with zero attached hydrogens (tertiary/aromatic N) is 2. The maximum atomic E-state index is 13.7. The van der Waals surface area contributed by atoms with Crippen LogP contribution in [0.5, 0.6) is 0 Å². The Morgan fingerprint density at radius 3 is 2.78 bits per heavy atom. The Labute approximate surface area is 145 Å². The summed E-state index contributed by atoms with van der Waals surface area (Å²) in [6.45, 7) is 2.42. The van der Waals surface area contributed by atoms with Crippen LogP contribution < -0.4 is 5.56 Å². The third-order valence-corrected chi connectivity index (χ3v) is 5.03. The van der Waals surface area contributed by atoms with Crippen LogP contribution in [0.4, 0.5) is 4.39 Å². The predicted molar refractivity (Wildman–Crippen MR) is 95.3 cm³/mol. The first-order chi connectivity index (χ1) is 11.1. The van der Waals surface area contributed by atoms with Gasteiger partial charge in [0.1, 0.15) is 5.82 Å². The van der Waals surface area contributed by atoms with Gasteiger partial charge in [-0.1, -0.05) is 45.9 Å². The summed E-state index contributed by atoms with van der Waals surface area (Å²) in [7, 11) is 0. The summed E-state index contributed by atoms with van der Waals surface area (Å²) in [6, 6.07) is 12.1. The summed E-state index contributed by atoms with van der Waals surface area (Å²) < 4.78 is 16.2. The van der Waals surface area contributed by atoms with Crippen molar-refractivity contribution in [3.63, 3.8) is 0 Å². The molecule has 1 aromatic heterocycles. The second kappa shape index (κ2) is 6.84. The molecule has 2 aromatic carbocycles. The van der Waals surface area contributed by atoms with Crippen molar-refractivity contribution < 1.29 is 4.39 Å². The maximum absolute atomic E-state index is 13.7. The molecular weight excluding hydrogens is 379 g/mol. The van der Waals surface area contributed by atoms with Crippen LogP contribution in [0.3, 0.4) is 0 Å². The van der Waals surface area contributed by atoms with Crippen molar-refractivity contribution >= 4 is 38.6 Å². The fraction of sp³-hybridized carbons (Fsp3) is 0.176. The predicted octanol–water partition coefficient (Wildman–Crippen LogP) is 4.61. The zero-order chi connectivity index (χ0) is 16.4. The van der Waals surface area contributed by atoms with Crippen molar-refractivity contribution in [2.45, 2.75) is 24.4 Å². The van der Waals surface area contributed by atoms with Gasteiger partial charge < -0.3 is 0 Å². The van der Waals surface area contributed by atoms with E-state index in [1.807, 2.05) is 19.1 Å². The second-order valence-electron chi connectivity index (χ2n) is 4.99. The van der Waals surface area contributed by atoms with E-state index in [4.69, 9.17) is 0 Å². The standard InChI is InChI=1S/C17H14BrFN2OS/c1-2-21-16(22)13-9-12(18)7-8-15(13)20-17(21)23-10-11-5-3-4-6-14(11)19/h3-9H,2,10H2,1H3. The largest absolute Gasteiger partial charge is 0.287 e. The van der Waals surface area contributed by atoms with Crippen LogP contribution in [0, 0.1) is 5.82 Å². The second-order valence-corrected chi connectivity index (χ2v) is 6.84. The monoisotopic (exact) mass is 392 g/mol. The van der Waals surface area contributed by atoms with Crippen LogP contribution in [-0.4, -0.2) is 9.55 Å². The van der Waals surface area contributed by atoms with Gasteiger partial charge >= 0.3 is 0 Å². The molecule has 0 saturated carbocycles. The first-order valence-corrected chi connectivity index (χ1v) is 8.94. The molecule has 0 N–H and O–H groups in total. The summed E-state index contributed by atoms with van der Waals surface area (Å²) in [5, 5.41) is 1.19. The molecule has 0 saturated heterocycles. The van der Waals surface area contributed by atoms with Crippen molar-refractivity contribution in [3.8, 4) is 0 Å². The molecule has 0 atom stereocenters. The summed E-state index contributed by atoms with van der Waals surface area (Å²) in [5.41, 5.74) is 1.18. The fourth-order valence-corrected chi connectivity index (χ4v) is 3.73. The molecule has 0 fully saturated rings. The Bertz CT molecular complexity index is 926. The third-order valence-electron chi connectivity index (χ3n) is 3.51. The Morgan fingerprint density at radius 2 is 2.04 bits per heavy atom. The van der Waals surface area contributed by atoms with Crippen LogP contribution in [0.2, 0.25) is 0 Å². The highest BCUT2D eigenvalue weighted by Crippen LogP contribution is 2.24. The van der Waals surface area contributed by atoms with E-state index in [0.29, 0.717) is 33.9 Å². The highest BCUT2D eigenvalue weighted by molar-refractivity contribution is 9.10. The minimum absolute atomic E-state index is 0.0742. The molecule has 6 heteroatoms. The number of fused-ring (bicyclic) bond motifs is 1. The van der Waals surface area contributed by atoms with E-state index in [0.717, 1.165) is 4.47 Å². The molecule has 1 heterocycles. The lowest BCUT2D eigenvalue weighted by molar-refractivity contribution is 0.616. The molecule has 3 nitrogen and oxygen atoms in total. The van der Waals surface area contributed by atoms with E-state index in [1.165, 1.54) is 17.8 Å². The lowest BCUT2D eigenvalue weighted by atomic mass is 10.2. The normalized spacial score (nSPS) is 11.1. The SMILES string of the molecule is CCn1c(SCc2ccccc2F)nc2ccc(Br)cc2c1=O. The van der Waals surface area contributed by atoms with Crippen LogP contribution in [0.1, 0.15) is 12.5 Å². The van der Waals surface area contributed by atoms with Gasteiger partial charge in [-0.15, -0.1) is 0 Å². The number of thioether (sulfide) groups is 1. The van der Waals surface area contributed by atoms with Gasteiger partial charge in [0.05, 0.1) is 10.9 Å². The molecule has 0 bridgehead atoms. The van der Waals surface area contributed by atoms with E-state index < -0.39 is 0 Å². The lowest BCUT2D eigenvalue weighted by Crippen LogP contribution is -2.22. The highest BCUT2D eigenvalue weighted by atomic mass is 79.9. The van der Waals surface area contributed by atoms with E-state index in [2.05, 4.69) is 20.9 Å². The number of hydrogen-bond acceptors (Lipinski definition) is 3. The Hall–Kier alpha value is -1.66. The van der Waals surface area contributed by atoms with Crippen molar-refractivity contribution in [3.05, 3.63) is 68.7 Å². The highest BCUT2D eigenvalue weighted by Gasteiger charge is 2.12. The minimum atomic E-state index is -0.241. The summed E-state index contributed by atoms with van der Waals surface area (Å²) in [5.74, 6) is 0.191. The summed E-state index contributed by atoms with van der Waals surface area (Å²) >= 11 is 4.75. The maximum Gasteiger partial charge on any atom is 0.262 e. The van der Waals surface area contributed by atoms with Crippen molar-refractivity contribution in [2.75, 3.05) is 0 Å². The van der Waals surface area contributed by atoms with Gasteiger partial charge in [-0.05, 0) is 36.8 Å². The molecule has 0 aliphatic rings. The molecule has 0 radical (unpaired) electrons. The molecule has 0 amide bonds. The number of benzene rings is 2. The van der Waals surface area contributed by atoms with Crippen molar-refractivity contribution in [2.24, 2.45) is 0 Å². The van der Waals surface area contributed by atoms with Crippen LogP contribution in [0.15, 0.2) is 56.9 Å². The van der Waals surface area contributed by atoms with Crippen LogP contribution in [0.25, 0.3) is 10.9 Å². The molecule has 0 aliphatic heterocycles. The van der Waals surface area contributed by atoms with Gasteiger partial charge in [0.15, 0.2) is 5.16 Å². The van der Waals surface area contributed by atoms with Crippen molar-refractivity contribution in [1.29, 1.82) is 0 Å². The molecule has 0 aliphatic carbocycles. The average Bonchev–Trinajstić information content (AvgIpc) is 2.55. The van der Waals surface area contributed by atoms with Crippen LogP contribution in [-0.2, 0) is 12.3 Å².